The van der Waals surface area contributed by atoms with Gasteiger partial charge in [-0.1, -0.05) is 12.1 Å². The normalized spacial score (nSPS) is 11.2. The second-order valence-corrected chi connectivity index (χ2v) is 6.18. The van der Waals surface area contributed by atoms with Crippen LogP contribution in [0.4, 0.5) is 17.1 Å². The predicted molar refractivity (Wildman–Crippen MR) is 99.8 cm³/mol. The van der Waals surface area contributed by atoms with Crippen molar-refractivity contribution in [3.63, 3.8) is 0 Å². The lowest BCUT2D eigenvalue weighted by atomic mass is 10.1. The summed E-state index contributed by atoms with van der Waals surface area (Å²) in [5, 5.41) is 23.9. The van der Waals surface area contributed by atoms with Crippen molar-refractivity contribution in [1.29, 1.82) is 0 Å². The number of aryl methyl sites for hydroxylation is 3. The molecule has 0 atom stereocenters. The molecule has 0 N–H and O–H groups in total. The highest BCUT2D eigenvalue weighted by Crippen LogP contribution is 2.29. The van der Waals surface area contributed by atoms with Crippen LogP contribution in [0.5, 0.6) is 0 Å². The van der Waals surface area contributed by atoms with Gasteiger partial charge < -0.3 is 0 Å². The van der Waals surface area contributed by atoms with Gasteiger partial charge in [0, 0.05) is 12.1 Å². The molecule has 7 heteroatoms. The quantitative estimate of drug-likeness (QED) is 0.357. The molecule has 0 fully saturated rings. The maximum Gasteiger partial charge on any atom is 0.271 e. The zero-order valence-corrected chi connectivity index (χ0v) is 15.1. The van der Waals surface area contributed by atoms with E-state index in [1.165, 1.54) is 23.3 Å². The Balaban J connectivity index is 1.97. The van der Waals surface area contributed by atoms with E-state index < -0.39 is 4.92 Å². The van der Waals surface area contributed by atoms with Crippen LogP contribution >= 0.6 is 0 Å². The predicted octanol–water partition coefficient (Wildman–Crippen LogP) is 5.43. The summed E-state index contributed by atoms with van der Waals surface area (Å²) in [5.74, 6) is 0. The van der Waals surface area contributed by atoms with E-state index in [0.717, 1.165) is 17.1 Å². The summed E-state index contributed by atoms with van der Waals surface area (Å²) in [5.41, 5.74) is 6.06. The van der Waals surface area contributed by atoms with Crippen LogP contribution < -0.4 is 0 Å². The van der Waals surface area contributed by atoms with Gasteiger partial charge in [0.25, 0.3) is 5.69 Å². The van der Waals surface area contributed by atoms with Crippen molar-refractivity contribution in [2.45, 2.75) is 27.7 Å². The van der Waals surface area contributed by atoms with E-state index in [1.54, 1.807) is 12.1 Å². The molecule has 1 heterocycles. The van der Waals surface area contributed by atoms with Crippen molar-refractivity contribution in [3.8, 4) is 5.69 Å². The third-order valence-corrected chi connectivity index (χ3v) is 4.29. The van der Waals surface area contributed by atoms with Gasteiger partial charge in [-0.05, 0) is 57.0 Å². The Hall–Kier alpha value is -3.35. The third-order valence-electron chi connectivity index (χ3n) is 4.29. The molecule has 0 saturated carbocycles. The molecule has 0 aliphatic carbocycles. The summed E-state index contributed by atoms with van der Waals surface area (Å²) in [6.45, 7) is 7.93. The van der Waals surface area contributed by atoms with Crippen LogP contribution in [0.3, 0.4) is 0 Å². The summed E-state index contributed by atoms with van der Waals surface area (Å²) in [4.78, 5) is 10.4. The Morgan fingerprint density at radius 3 is 2.46 bits per heavy atom. The standard InChI is InChI=1S/C19H19N5O2/c1-12-8-9-17(10-13(12)2)23-15(4)19(14(3)22-23)21-20-16-6-5-7-18(11-16)24(25)26/h5-11H,1-4H3. The number of nitrogens with zero attached hydrogens (tertiary/aromatic N) is 5. The highest BCUT2D eigenvalue weighted by atomic mass is 16.6. The van der Waals surface area contributed by atoms with Crippen molar-refractivity contribution >= 4 is 17.1 Å². The molecule has 0 amide bonds. The van der Waals surface area contributed by atoms with E-state index in [1.807, 2.05) is 24.6 Å². The first-order chi connectivity index (χ1) is 12.4. The molecule has 0 spiro atoms. The van der Waals surface area contributed by atoms with Gasteiger partial charge in [0.1, 0.15) is 5.69 Å². The number of hydrogen-bond donors (Lipinski definition) is 0. The van der Waals surface area contributed by atoms with Crippen molar-refractivity contribution < 1.29 is 4.92 Å². The van der Waals surface area contributed by atoms with Gasteiger partial charge >= 0.3 is 0 Å². The van der Waals surface area contributed by atoms with E-state index in [9.17, 15) is 10.1 Å². The molecule has 0 unspecified atom stereocenters. The Morgan fingerprint density at radius 2 is 1.77 bits per heavy atom. The van der Waals surface area contributed by atoms with Crippen LogP contribution in [0.2, 0.25) is 0 Å². The van der Waals surface area contributed by atoms with E-state index >= 15 is 0 Å². The molecule has 0 aliphatic rings. The molecule has 0 aliphatic heterocycles. The fraction of sp³-hybridized carbons (Fsp3) is 0.211. The molecule has 132 valence electrons. The molecule has 0 saturated heterocycles. The van der Waals surface area contributed by atoms with Crippen LogP contribution in [0.1, 0.15) is 22.5 Å². The topological polar surface area (TPSA) is 85.7 Å². The lowest BCUT2D eigenvalue weighted by molar-refractivity contribution is -0.384. The van der Waals surface area contributed by atoms with Gasteiger partial charge in [-0.2, -0.15) is 10.2 Å². The van der Waals surface area contributed by atoms with E-state index in [2.05, 4.69) is 41.3 Å². The zero-order valence-electron chi connectivity index (χ0n) is 15.1. The minimum Gasteiger partial charge on any atom is -0.258 e. The van der Waals surface area contributed by atoms with Gasteiger partial charge in [0.05, 0.1) is 27.7 Å². The summed E-state index contributed by atoms with van der Waals surface area (Å²) in [6.07, 6.45) is 0. The zero-order chi connectivity index (χ0) is 18.8. The Labute approximate surface area is 151 Å². The van der Waals surface area contributed by atoms with Crippen LogP contribution in [-0.4, -0.2) is 14.7 Å². The summed E-state index contributed by atoms with van der Waals surface area (Å²) < 4.78 is 1.84. The minimum atomic E-state index is -0.451. The SMILES string of the molecule is Cc1ccc(-n2nc(C)c(N=Nc3cccc([N+](=O)[O-])c3)c2C)cc1C. The molecular weight excluding hydrogens is 330 g/mol. The molecular formula is C19H19N5O2. The van der Waals surface area contributed by atoms with Crippen LogP contribution in [-0.2, 0) is 0 Å². The van der Waals surface area contributed by atoms with E-state index in [-0.39, 0.29) is 5.69 Å². The summed E-state index contributed by atoms with van der Waals surface area (Å²) >= 11 is 0. The average molecular weight is 349 g/mol. The van der Waals surface area contributed by atoms with Crippen molar-refractivity contribution in [1.82, 2.24) is 9.78 Å². The number of azo groups is 1. The van der Waals surface area contributed by atoms with E-state index in [4.69, 9.17) is 0 Å². The van der Waals surface area contributed by atoms with Crippen molar-refractivity contribution in [2.75, 3.05) is 0 Å². The van der Waals surface area contributed by atoms with Crippen molar-refractivity contribution in [2.24, 2.45) is 10.2 Å². The summed E-state index contributed by atoms with van der Waals surface area (Å²) in [7, 11) is 0. The number of nitro groups is 1. The smallest absolute Gasteiger partial charge is 0.258 e. The highest BCUT2D eigenvalue weighted by molar-refractivity contribution is 5.52. The highest BCUT2D eigenvalue weighted by Gasteiger charge is 2.13. The Kier molecular flexibility index (Phi) is 4.62. The molecule has 26 heavy (non-hydrogen) atoms. The fourth-order valence-corrected chi connectivity index (χ4v) is 2.66. The monoisotopic (exact) mass is 349 g/mol. The first-order valence-corrected chi connectivity index (χ1v) is 8.17. The van der Waals surface area contributed by atoms with Gasteiger partial charge in [0.2, 0.25) is 0 Å². The summed E-state index contributed by atoms with van der Waals surface area (Å²) in [6, 6.07) is 12.2. The average Bonchev–Trinajstić information content (AvgIpc) is 2.90. The third kappa shape index (κ3) is 3.37. The maximum atomic E-state index is 10.9. The lowest BCUT2D eigenvalue weighted by Gasteiger charge is -2.07. The number of rotatable bonds is 4. The minimum absolute atomic E-state index is 0.0132. The number of benzene rings is 2. The number of hydrogen-bond acceptors (Lipinski definition) is 5. The van der Waals surface area contributed by atoms with Gasteiger partial charge in [0.15, 0.2) is 0 Å². The second kappa shape index (κ2) is 6.87. The molecule has 7 nitrogen and oxygen atoms in total. The molecule has 0 bridgehead atoms. The number of non-ortho nitro benzene ring substituents is 1. The van der Waals surface area contributed by atoms with Crippen LogP contribution in [0, 0.1) is 37.8 Å². The van der Waals surface area contributed by atoms with E-state index in [0.29, 0.717) is 11.4 Å². The molecule has 1 aromatic heterocycles. The molecule has 3 rings (SSSR count). The second-order valence-electron chi connectivity index (χ2n) is 6.18. The maximum absolute atomic E-state index is 10.9. The van der Waals surface area contributed by atoms with Crippen molar-refractivity contribution in [3.05, 3.63) is 75.1 Å². The van der Waals surface area contributed by atoms with Crippen LogP contribution in [0.25, 0.3) is 5.69 Å². The number of nitro benzene ring substituents is 1. The first-order valence-electron chi connectivity index (χ1n) is 8.17. The lowest BCUT2D eigenvalue weighted by Crippen LogP contribution is -1.99. The van der Waals surface area contributed by atoms with Gasteiger partial charge in [-0.15, -0.1) is 5.11 Å². The van der Waals surface area contributed by atoms with Gasteiger partial charge in [-0.25, -0.2) is 4.68 Å². The van der Waals surface area contributed by atoms with Crippen LogP contribution in [0.15, 0.2) is 52.7 Å². The fourth-order valence-electron chi connectivity index (χ4n) is 2.66. The molecule has 2 aromatic carbocycles. The molecule has 0 radical (unpaired) electrons. The Bertz CT molecular complexity index is 1020. The van der Waals surface area contributed by atoms with Gasteiger partial charge in [-0.3, -0.25) is 10.1 Å². The molecule has 3 aromatic rings. The largest absolute Gasteiger partial charge is 0.271 e. The Morgan fingerprint density at radius 1 is 1.00 bits per heavy atom. The number of aromatic nitrogens is 2. The first kappa shape index (κ1) is 17.5.